The van der Waals surface area contributed by atoms with Crippen LogP contribution in [0.4, 0.5) is 4.39 Å². The summed E-state index contributed by atoms with van der Waals surface area (Å²) in [6.45, 7) is 0.427. The summed E-state index contributed by atoms with van der Waals surface area (Å²) in [5.74, 6) is -0.519. The lowest BCUT2D eigenvalue weighted by atomic mass is 10.1. The molecular weight excluding hydrogens is 319 g/mol. The molecule has 1 heterocycles. The van der Waals surface area contributed by atoms with E-state index in [1.165, 1.54) is 12.1 Å². The van der Waals surface area contributed by atoms with Crippen molar-refractivity contribution in [2.24, 2.45) is 0 Å². The van der Waals surface area contributed by atoms with Crippen LogP contribution in [0.2, 0.25) is 0 Å². The van der Waals surface area contributed by atoms with Gasteiger partial charge in [-0.05, 0) is 48.5 Å². The molecule has 1 amide bonds. The molecule has 1 N–H and O–H groups in total. The number of nitrogens with zero attached hydrogens (tertiary/aromatic N) is 3. The van der Waals surface area contributed by atoms with Crippen LogP contribution in [0.5, 0.6) is 0 Å². The molecule has 5 nitrogen and oxygen atoms in total. The summed E-state index contributed by atoms with van der Waals surface area (Å²) in [4.78, 5) is 12.1. The number of amides is 1. The SMILES string of the molecule is N#Cc1cccc(C(=O)NCCc2ccn(-c3ccc(F)cc3)n2)c1. The van der Waals surface area contributed by atoms with Gasteiger partial charge < -0.3 is 5.32 Å². The predicted octanol–water partition coefficient (Wildman–Crippen LogP) is 2.86. The number of hydrogen-bond donors (Lipinski definition) is 1. The topological polar surface area (TPSA) is 70.7 Å². The van der Waals surface area contributed by atoms with Gasteiger partial charge in [0.05, 0.1) is 23.0 Å². The van der Waals surface area contributed by atoms with Crippen molar-refractivity contribution >= 4 is 5.91 Å². The number of hydrogen-bond acceptors (Lipinski definition) is 3. The van der Waals surface area contributed by atoms with Gasteiger partial charge in [0.25, 0.3) is 5.91 Å². The van der Waals surface area contributed by atoms with Crippen LogP contribution in [-0.2, 0) is 6.42 Å². The lowest BCUT2D eigenvalue weighted by molar-refractivity contribution is 0.0954. The van der Waals surface area contributed by atoms with E-state index in [0.717, 1.165) is 11.4 Å². The fourth-order valence-corrected chi connectivity index (χ4v) is 2.37. The number of rotatable bonds is 5. The van der Waals surface area contributed by atoms with Crippen LogP contribution < -0.4 is 5.32 Å². The maximum atomic E-state index is 12.9. The summed E-state index contributed by atoms with van der Waals surface area (Å²) in [6.07, 6.45) is 2.36. The third-order valence-corrected chi connectivity index (χ3v) is 3.66. The van der Waals surface area contributed by atoms with Gasteiger partial charge in [0, 0.05) is 24.7 Å². The second-order valence-corrected chi connectivity index (χ2v) is 5.43. The second-order valence-electron chi connectivity index (χ2n) is 5.43. The quantitative estimate of drug-likeness (QED) is 0.780. The van der Waals surface area contributed by atoms with Crippen molar-refractivity contribution in [3.63, 3.8) is 0 Å². The average molecular weight is 334 g/mol. The Balaban J connectivity index is 1.56. The molecule has 6 heteroatoms. The van der Waals surface area contributed by atoms with Crippen molar-refractivity contribution in [1.29, 1.82) is 5.26 Å². The van der Waals surface area contributed by atoms with Gasteiger partial charge in [-0.1, -0.05) is 6.07 Å². The van der Waals surface area contributed by atoms with Crippen molar-refractivity contribution in [2.45, 2.75) is 6.42 Å². The minimum atomic E-state index is -0.292. The molecule has 0 fully saturated rings. The largest absolute Gasteiger partial charge is 0.352 e. The van der Waals surface area contributed by atoms with Gasteiger partial charge in [-0.2, -0.15) is 10.4 Å². The lowest BCUT2D eigenvalue weighted by Gasteiger charge is -2.04. The molecule has 0 radical (unpaired) electrons. The van der Waals surface area contributed by atoms with Gasteiger partial charge in [0.2, 0.25) is 0 Å². The summed E-state index contributed by atoms with van der Waals surface area (Å²) in [6, 6.07) is 16.5. The minimum absolute atomic E-state index is 0.227. The summed E-state index contributed by atoms with van der Waals surface area (Å²) >= 11 is 0. The molecule has 3 rings (SSSR count). The van der Waals surface area contributed by atoms with E-state index in [1.54, 1.807) is 47.3 Å². The first-order chi connectivity index (χ1) is 12.2. The Morgan fingerprint density at radius 2 is 2.00 bits per heavy atom. The maximum Gasteiger partial charge on any atom is 0.251 e. The van der Waals surface area contributed by atoms with Crippen LogP contribution in [0.15, 0.2) is 60.8 Å². The zero-order valence-corrected chi connectivity index (χ0v) is 13.3. The molecule has 0 bridgehead atoms. The fraction of sp³-hybridized carbons (Fsp3) is 0.105. The third-order valence-electron chi connectivity index (χ3n) is 3.66. The van der Waals surface area contributed by atoms with Gasteiger partial charge in [-0.3, -0.25) is 4.79 Å². The molecule has 1 aromatic heterocycles. The lowest BCUT2D eigenvalue weighted by Crippen LogP contribution is -2.25. The van der Waals surface area contributed by atoms with E-state index in [9.17, 15) is 9.18 Å². The monoisotopic (exact) mass is 334 g/mol. The molecule has 0 spiro atoms. The zero-order chi connectivity index (χ0) is 17.6. The molecule has 25 heavy (non-hydrogen) atoms. The molecule has 3 aromatic rings. The Bertz CT molecular complexity index is 925. The van der Waals surface area contributed by atoms with E-state index in [4.69, 9.17) is 5.26 Å². The average Bonchev–Trinajstić information content (AvgIpc) is 3.11. The molecular formula is C19H15FN4O. The Labute approximate surface area is 144 Å². The molecule has 0 atom stereocenters. The number of carbonyl (C=O) groups excluding carboxylic acids is 1. The molecule has 0 aliphatic heterocycles. The highest BCUT2D eigenvalue weighted by molar-refractivity contribution is 5.94. The molecule has 0 unspecified atom stereocenters. The van der Waals surface area contributed by atoms with Crippen molar-refractivity contribution < 1.29 is 9.18 Å². The van der Waals surface area contributed by atoms with Gasteiger partial charge >= 0.3 is 0 Å². The van der Waals surface area contributed by atoms with Crippen molar-refractivity contribution in [2.75, 3.05) is 6.54 Å². The molecule has 124 valence electrons. The van der Waals surface area contributed by atoms with Crippen LogP contribution in [0.3, 0.4) is 0 Å². The summed E-state index contributed by atoms with van der Waals surface area (Å²) in [5.41, 5.74) is 2.49. The highest BCUT2D eigenvalue weighted by Gasteiger charge is 2.07. The number of carbonyl (C=O) groups is 1. The first kappa shape index (κ1) is 16.4. The molecule has 0 saturated carbocycles. The Morgan fingerprint density at radius 1 is 1.20 bits per heavy atom. The number of halogens is 1. The van der Waals surface area contributed by atoms with Gasteiger partial charge in [0.15, 0.2) is 0 Å². The Kier molecular flexibility index (Phi) is 4.86. The van der Waals surface area contributed by atoms with Crippen molar-refractivity contribution in [3.05, 3.63) is 83.4 Å². The van der Waals surface area contributed by atoms with Crippen LogP contribution in [0.25, 0.3) is 5.69 Å². The zero-order valence-electron chi connectivity index (χ0n) is 13.3. The number of nitriles is 1. The highest BCUT2D eigenvalue weighted by Crippen LogP contribution is 2.09. The Morgan fingerprint density at radius 3 is 2.76 bits per heavy atom. The molecule has 0 aliphatic carbocycles. The number of benzene rings is 2. The van der Waals surface area contributed by atoms with E-state index < -0.39 is 0 Å². The van der Waals surface area contributed by atoms with Crippen LogP contribution in [0, 0.1) is 17.1 Å². The minimum Gasteiger partial charge on any atom is -0.352 e. The number of aromatic nitrogens is 2. The first-order valence-corrected chi connectivity index (χ1v) is 7.74. The van der Waals surface area contributed by atoms with Gasteiger partial charge in [0.1, 0.15) is 5.82 Å². The van der Waals surface area contributed by atoms with E-state index in [2.05, 4.69) is 10.4 Å². The molecule has 0 saturated heterocycles. The summed E-state index contributed by atoms with van der Waals surface area (Å²) in [7, 11) is 0. The van der Waals surface area contributed by atoms with Crippen LogP contribution in [0.1, 0.15) is 21.6 Å². The standard InChI is InChI=1S/C19H15FN4O/c20-16-4-6-18(7-5-16)24-11-9-17(23-24)8-10-22-19(25)15-3-1-2-14(12-15)13-21/h1-7,9,11-12H,8,10H2,(H,22,25). The normalized spacial score (nSPS) is 10.2. The smallest absolute Gasteiger partial charge is 0.251 e. The highest BCUT2D eigenvalue weighted by atomic mass is 19.1. The van der Waals surface area contributed by atoms with E-state index in [-0.39, 0.29) is 11.7 Å². The maximum absolute atomic E-state index is 12.9. The van der Waals surface area contributed by atoms with Crippen molar-refractivity contribution in [3.8, 4) is 11.8 Å². The predicted molar refractivity (Wildman–Crippen MR) is 90.7 cm³/mol. The Hall–Kier alpha value is -3.46. The van der Waals surface area contributed by atoms with Crippen LogP contribution >= 0.6 is 0 Å². The van der Waals surface area contributed by atoms with Gasteiger partial charge in [-0.15, -0.1) is 0 Å². The van der Waals surface area contributed by atoms with Gasteiger partial charge in [-0.25, -0.2) is 9.07 Å². The summed E-state index contributed by atoms with van der Waals surface area (Å²) in [5, 5.41) is 16.1. The fourth-order valence-electron chi connectivity index (χ4n) is 2.37. The number of nitrogens with one attached hydrogen (secondary N) is 1. The molecule has 2 aromatic carbocycles. The summed E-state index contributed by atoms with van der Waals surface area (Å²) < 4.78 is 14.6. The van der Waals surface area contributed by atoms with E-state index >= 15 is 0 Å². The van der Waals surface area contributed by atoms with E-state index in [0.29, 0.717) is 24.1 Å². The molecule has 0 aliphatic rings. The van der Waals surface area contributed by atoms with Crippen molar-refractivity contribution in [1.82, 2.24) is 15.1 Å². The van der Waals surface area contributed by atoms with E-state index in [1.807, 2.05) is 12.1 Å². The third kappa shape index (κ3) is 4.09. The second kappa shape index (κ2) is 7.41. The first-order valence-electron chi connectivity index (χ1n) is 7.74. The van der Waals surface area contributed by atoms with Crippen LogP contribution in [-0.4, -0.2) is 22.2 Å².